The van der Waals surface area contributed by atoms with Gasteiger partial charge in [-0.25, -0.2) is 9.59 Å². The van der Waals surface area contributed by atoms with Crippen molar-refractivity contribution in [1.82, 2.24) is 0 Å². The summed E-state index contributed by atoms with van der Waals surface area (Å²) < 4.78 is 19.1. The Kier molecular flexibility index (Phi) is 8.00. The molecule has 1 rings (SSSR count). The summed E-state index contributed by atoms with van der Waals surface area (Å²) >= 11 is 10.3. The molecule has 0 aliphatic carbocycles. The second-order valence-corrected chi connectivity index (χ2v) is 4.90. The van der Waals surface area contributed by atoms with E-state index >= 15 is 0 Å². The minimum atomic E-state index is -1.59. The topological polar surface area (TPSA) is 105 Å². The van der Waals surface area contributed by atoms with Crippen LogP contribution in [0.1, 0.15) is 0 Å². The number of hydrogen-bond acceptors (Lipinski definition) is 8. The van der Waals surface area contributed by atoms with E-state index < -0.39 is 41.7 Å². The maximum absolute atomic E-state index is 11.3. The molecule has 0 spiro atoms. The highest BCUT2D eigenvalue weighted by Crippen LogP contribution is 2.19. The lowest BCUT2D eigenvalue weighted by Crippen LogP contribution is -2.34. The molecule has 0 saturated heterocycles. The molecular formula is C14H12Cl2O8. The summed E-state index contributed by atoms with van der Waals surface area (Å²) in [6.07, 6.45) is -1.59. The summed E-state index contributed by atoms with van der Waals surface area (Å²) in [6, 6.07) is 5.61. The Bertz CT molecular complexity index is 614. The van der Waals surface area contributed by atoms with Gasteiger partial charge in [0.25, 0.3) is 16.6 Å². The molecule has 0 aliphatic rings. The molecular weight excluding hydrogens is 367 g/mol. The Morgan fingerprint density at radius 2 is 1.58 bits per heavy atom. The predicted octanol–water partition coefficient (Wildman–Crippen LogP) is 1.06. The van der Waals surface area contributed by atoms with Gasteiger partial charge in [0.15, 0.2) is 13.2 Å². The smallest absolute Gasteiger partial charge is 0.356 e. The molecule has 0 aromatic heterocycles. The standard InChI is InChI=1S/C14H12Cl2O8/c1-21-14(20)12(13(16)19)24-9-4-2-8(3-5-9)22-7-11(18)23-6-10(15)17/h2-5,12H,6-7H2,1H3/t12-/m1/s1. The summed E-state index contributed by atoms with van der Waals surface area (Å²) in [5, 5.41) is -1.84. The van der Waals surface area contributed by atoms with E-state index in [0.29, 0.717) is 0 Å². The van der Waals surface area contributed by atoms with Gasteiger partial charge < -0.3 is 18.9 Å². The van der Waals surface area contributed by atoms with E-state index in [1.807, 2.05) is 0 Å². The van der Waals surface area contributed by atoms with Crippen LogP contribution in [0.5, 0.6) is 11.5 Å². The molecule has 24 heavy (non-hydrogen) atoms. The van der Waals surface area contributed by atoms with Crippen LogP contribution in [0.25, 0.3) is 0 Å². The zero-order chi connectivity index (χ0) is 18.1. The van der Waals surface area contributed by atoms with E-state index in [0.717, 1.165) is 7.11 Å². The van der Waals surface area contributed by atoms with E-state index in [2.05, 4.69) is 9.47 Å². The summed E-state index contributed by atoms with van der Waals surface area (Å²) in [7, 11) is 1.09. The molecule has 8 nitrogen and oxygen atoms in total. The fraction of sp³-hybridized carbons (Fsp3) is 0.286. The van der Waals surface area contributed by atoms with Crippen LogP contribution in [-0.2, 0) is 28.7 Å². The van der Waals surface area contributed by atoms with E-state index in [1.165, 1.54) is 24.3 Å². The van der Waals surface area contributed by atoms with Crippen molar-refractivity contribution in [3.63, 3.8) is 0 Å². The van der Waals surface area contributed by atoms with Gasteiger partial charge in [0, 0.05) is 0 Å². The summed E-state index contributed by atoms with van der Waals surface area (Å²) in [5.41, 5.74) is 0. The van der Waals surface area contributed by atoms with Gasteiger partial charge >= 0.3 is 11.9 Å². The van der Waals surface area contributed by atoms with Gasteiger partial charge in [-0.15, -0.1) is 0 Å². The van der Waals surface area contributed by atoms with E-state index in [1.54, 1.807) is 0 Å². The Hall–Kier alpha value is -2.32. The van der Waals surface area contributed by atoms with Crippen LogP contribution in [0.4, 0.5) is 0 Å². The average molecular weight is 379 g/mol. The Morgan fingerprint density at radius 3 is 2.08 bits per heavy atom. The van der Waals surface area contributed by atoms with Crippen molar-refractivity contribution < 1.29 is 38.1 Å². The molecule has 1 aromatic carbocycles. The van der Waals surface area contributed by atoms with Crippen LogP contribution < -0.4 is 9.47 Å². The number of esters is 2. The van der Waals surface area contributed by atoms with Crippen molar-refractivity contribution in [2.24, 2.45) is 0 Å². The van der Waals surface area contributed by atoms with Crippen molar-refractivity contribution in [1.29, 1.82) is 0 Å². The minimum absolute atomic E-state index is 0.155. The first-order valence-corrected chi connectivity index (χ1v) is 7.09. The van der Waals surface area contributed by atoms with Crippen LogP contribution in [0, 0.1) is 0 Å². The maximum Gasteiger partial charge on any atom is 0.356 e. The lowest BCUT2D eigenvalue weighted by atomic mass is 10.3. The van der Waals surface area contributed by atoms with Gasteiger partial charge in [-0.05, 0) is 47.5 Å². The molecule has 130 valence electrons. The van der Waals surface area contributed by atoms with Crippen LogP contribution in [0.15, 0.2) is 24.3 Å². The van der Waals surface area contributed by atoms with Crippen molar-refractivity contribution in [2.75, 3.05) is 20.3 Å². The third-order valence-corrected chi connectivity index (χ3v) is 2.71. The fourth-order valence-electron chi connectivity index (χ4n) is 1.37. The molecule has 0 fully saturated rings. The normalized spacial score (nSPS) is 11.1. The number of carbonyl (C=O) groups is 4. The van der Waals surface area contributed by atoms with Crippen LogP contribution >= 0.6 is 23.2 Å². The largest absolute Gasteiger partial charge is 0.482 e. The lowest BCUT2D eigenvalue weighted by molar-refractivity contribution is -0.151. The van der Waals surface area contributed by atoms with Gasteiger partial charge in [0.1, 0.15) is 11.5 Å². The fourth-order valence-corrected chi connectivity index (χ4v) is 1.55. The number of halogens is 2. The zero-order valence-corrected chi connectivity index (χ0v) is 13.8. The molecule has 0 bridgehead atoms. The lowest BCUT2D eigenvalue weighted by Gasteiger charge is -2.13. The van der Waals surface area contributed by atoms with Crippen LogP contribution in [-0.4, -0.2) is 48.9 Å². The van der Waals surface area contributed by atoms with Crippen LogP contribution in [0.2, 0.25) is 0 Å². The molecule has 0 heterocycles. The Morgan fingerprint density at radius 1 is 1.00 bits per heavy atom. The zero-order valence-electron chi connectivity index (χ0n) is 12.3. The van der Waals surface area contributed by atoms with Crippen molar-refractivity contribution in [3.05, 3.63) is 24.3 Å². The third-order valence-electron chi connectivity index (χ3n) is 2.40. The van der Waals surface area contributed by atoms with Gasteiger partial charge in [0.2, 0.25) is 0 Å². The molecule has 1 atom stereocenters. The van der Waals surface area contributed by atoms with Gasteiger partial charge in [-0.1, -0.05) is 0 Å². The minimum Gasteiger partial charge on any atom is -0.482 e. The third kappa shape index (κ3) is 6.84. The first-order valence-electron chi connectivity index (χ1n) is 6.34. The highest BCUT2D eigenvalue weighted by Gasteiger charge is 2.28. The van der Waals surface area contributed by atoms with Crippen molar-refractivity contribution >= 4 is 45.6 Å². The van der Waals surface area contributed by atoms with Crippen LogP contribution in [0.3, 0.4) is 0 Å². The number of benzene rings is 1. The quantitative estimate of drug-likeness (QED) is 0.356. The summed E-state index contributed by atoms with van der Waals surface area (Å²) in [6.45, 7) is -0.979. The highest BCUT2D eigenvalue weighted by atomic mass is 35.5. The van der Waals surface area contributed by atoms with Gasteiger partial charge in [0.05, 0.1) is 7.11 Å². The Balaban J connectivity index is 2.56. The van der Waals surface area contributed by atoms with Crippen molar-refractivity contribution in [3.8, 4) is 11.5 Å². The Labute approximate surface area is 146 Å². The second kappa shape index (κ2) is 9.74. The monoisotopic (exact) mass is 378 g/mol. The van der Waals surface area contributed by atoms with Crippen molar-refractivity contribution in [2.45, 2.75) is 6.10 Å². The number of ether oxygens (including phenoxy) is 4. The summed E-state index contributed by atoms with van der Waals surface area (Å²) in [4.78, 5) is 44.1. The first kappa shape index (κ1) is 19.7. The molecule has 1 aromatic rings. The van der Waals surface area contributed by atoms with E-state index in [4.69, 9.17) is 32.7 Å². The SMILES string of the molecule is COC(=O)[C@H](Oc1ccc(OCC(=O)OCC(=O)Cl)cc1)C(=O)Cl. The molecule has 0 aliphatic heterocycles. The second-order valence-electron chi connectivity index (χ2n) is 4.10. The number of rotatable bonds is 9. The molecule has 0 amide bonds. The van der Waals surface area contributed by atoms with E-state index in [9.17, 15) is 19.2 Å². The van der Waals surface area contributed by atoms with Gasteiger partial charge in [-0.3, -0.25) is 9.59 Å². The molecule has 0 radical (unpaired) electrons. The molecule has 0 N–H and O–H groups in total. The molecule has 10 heteroatoms. The summed E-state index contributed by atoms with van der Waals surface area (Å²) in [5.74, 6) is -1.28. The predicted molar refractivity (Wildman–Crippen MR) is 81.0 cm³/mol. The number of carbonyl (C=O) groups excluding carboxylic acids is 4. The highest BCUT2D eigenvalue weighted by molar-refractivity contribution is 6.66. The number of hydrogen-bond donors (Lipinski definition) is 0. The molecule has 0 saturated carbocycles. The molecule has 0 unspecified atom stereocenters. The van der Waals surface area contributed by atoms with Gasteiger partial charge in [-0.2, -0.15) is 0 Å². The van der Waals surface area contributed by atoms with E-state index in [-0.39, 0.29) is 11.5 Å². The first-order chi connectivity index (χ1) is 11.3. The average Bonchev–Trinajstić information content (AvgIpc) is 2.56. The number of methoxy groups -OCH3 is 1. The maximum atomic E-state index is 11.3.